The van der Waals surface area contributed by atoms with Crippen molar-refractivity contribution in [1.82, 2.24) is 34.7 Å². The molecule has 0 saturated carbocycles. The lowest BCUT2D eigenvalue weighted by atomic mass is 9.82. The van der Waals surface area contributed by atoms with Crippen LogP contribution in [0.2, 0.25) is 0 Å². The standard InChI is InChI=1S/C35H37F3N8O4/c1-4-44-32-27(20-39-46(32)26-11-6-5-7-12-26)29(30(34(44)49)40-31(47)28-13-14-45(41-28)35(36,37)38)25-10-8-9-24(19-25)22-42(3)33(48)23(2)21-43-15-17-50-18-16-43/h5-14,19-20,29-30H,2,4,15-18,21-22H2,1,3H3,(H,40,47)/t29-,30+/m1/s1. The first-order chi connectivity index (χ1) is 24.0. The van der Waals surface area contributed by atoms with Gasteiger partial charge >= 0.3 is 6.30 Å². The number of benzene rings is 2. The SMILES string of the molecule is C=C(CN1CCOCC1)C(=O)N(C)Cc1cccc([C@@H]2c3cnn(-c4ccccc4)c3N(CC)C(=O)[C@H]2NC(=O)c2ccn(C(F)(F)F)n2)c1. The van der Waals surface area contributed by atoms with Gasteiger partial charge in [0.05, 0.1) is 25.1 Å². The van der Waals surface area contributed by atoms with E-state index in [4.69, 9.17) is 4.74 Å². The lowest BCUT2D eigenvalue weighted by Gasteiger charge is -2.38. The van der Waals surface area contributed by atoms with Gasteiger partial charge in [0.2, 0.25) is 0 Å². The third kappa shape index (κ3) is 7.05. The zero-order chi connectivity index (χ0) is 35.6. The van der Waals surface area contributed by atoms with E-state index in [-0.39, 0.29) is 23.7 Å². The molecule has 12 nitrogen and oxygen atoms in total. The van der Waals surface area contributed by atoms with E-state index in [1.165, 1.54) is 4.90 Å². The van der Waals surface area contributed by atoms with Crippen LogP contribution in [0.15, 0.2) is 85.2 Å². The Hall–Kier alpha value is -5.28. The number of anilines is 1. The van der Waals surface area contributed by atoms with Gasteiger partial charge in [-0.2, -0.15) is 14.9 Å². The lowest BCUT2D eigenvalue weighted by Crippen LogP contribution is -2.55. The third-order valence-corrected chi connectivity index (χ3v) is 8.81. The number of hydrogen-bond donors (Lipinski definition) is 1. The van der Waals surface area contributed by atoms with E-state index in [1.54, 1.807) is 35.8 Å². The van der Waals surface area contributed by atoms with Gasteiger partial charge in [0.1, 0.15) is 17.6 Å². The molecule has 262 valence electrons. The lowest BCUT2D eigenvalue weighted by molar-refractivity contribution is -0.212. The molecule has 0 unspecified atom stereocenters. The van der Waals surface area contributed by atoms with Crippen molar-refractivity contribution in [2.24, 2.45) is 0 Å². The number of carbonyl (C=O) groups is 3. The number of para-hydroxylation sites is 1. The average molecular weight is 691 g/mol. The van der Waals surface area contributed by atoms with Gasteiger partial charge < -0.3 is 15.0 Å². The Kier molecular flexibility index (Phi) is 9.88. The van der Waals surface area contributed by atoms with Gasteiger partial charge in [-0.15, -0.1) is 13.2 Å². The summed E-state index contributed by atoms with van der Waals surface area (Å²) in [6.45, 7) is 9.36. The minimum Gasteiger partial charge on any atom is -0.379 e. The molecular formula is C35H37F3N8O4. The van der Waals surface area contributed by atoms with Crippen molar-refractivity contribution in [3.05, 3.63) is 108 Å². The monoisotopic (exact) mass is 690 g/mol. The van der Waals surface area contributed by atoms with Crippen LogP contribution in [0.3, 0.4) is 0 Å². The van der Waals surface area contributed by atoms with E-state index < -0.39 is 35.8 Å². The van der Waals surface area contributed by atoms with Crippen molar-refractivity contribution in [2.75, 3.05) is 51.3 Å². The number of carbonyl (C=O) groups excluding carboxylic acids is 3. The summed E-state index contributed by atoms with van der Waals surface area (Å²) < 4.78 is 46.6. The first-order valence-electron chi connectivity index (χ1n) is 16.2. The molecule has 0 bridgehead atoms. The summed E-state index contributed by atoms with van der Waals surface area (Å²) in [5.74, 6) is -1.89. The highest BCUT2D eigenvalue weighted by atomic mass is 19.4. The van der Waals surface area contributed by atoms with Crippen LogP contribution in [-0.4, -0.2) is 99.6 Å². The molecule has 3 amide bonds. The topological polar surface area (TPSA) is 118 Å². The van der Waals surface area contributed by atoms with Gasteiger partial charge in [0.15, 0.2) is 0 Å². The van der Waals surface area contributed by atoms with Gasteiger partial charge in [0.25, 0.3) is 17.7 Å². The number of ether oxygens (including phenoxy) is 1. The van der Waals surface area contributed by atoms with Crippen LogP contribution in [0.25, 0.3) is 5.69 Å². The second-order valence-corrected chi connectivity index (χ2v) is 12.2. The van der Waals surface area contributed by atoms with E-state index in [2.05, 4.69) is 27.0 Å². The molecule has 0 aliphatic carbocycles. The molecule has 6 rings (SSSR count). The summed E-state index contributed by atoms with van der Waals surface area (Å²) in [4.78, 5) is 46.2. The fourth-order valence-corrected chi connectivity index (χ4v) is 6.42. The van der Waals surface area contributed by atoms with Crippen molar-refractivity contribution >= 4 is 23.5 Å². The molecule has 4 heterocycles. The number of nitrogens with one attached hydrogen (secondary N) is 1. The van der Waals surface area contributed by atoms with E-state index in [0.717, 1.165) is 24.7 Å². The van der Waals surface area contributed by atoms with E-state index in [0.29, 0.717) is 54.2 Å². The zero-order valence-electron chi connectivity index (χ0n) is 27.6. The number of hydrogen-bond acceptors (Lipinski definition) is 7. The van der Waals surface area contributed by atoms with E-state index in [9.17, 15) is 27.6 Å². The van der Waals surface area contributed by atoms with Gasteiger partial charge in [-0.3, -0.25) is 24.2 Å². The number of fused-ring (bicyclic) bond motifs is 1. The van der Waals surface area contributed by atoms with E-state index >= 15 is 0 Å². The molecule has 4 aromatic rings. The molecule has 2 atom stereocenters. The Bertz CT molecular complexity index is 1880. The number of halogens is 3. The molecule has 0 spiro atoms. The molecule has 1 saturated heterocycles. The molecule has 0 radical (unpaired) electrons. The normalized spacial score (nSPS) is 18.1. The zero-order valence-corrected chi connectivity index (χ0v) is 27.6. The summed E-state index contributed by atoms with van der Waals surface area (Å²) in [6, 6.07) is 16.3. The fraction of sp³-hybridized carbons (Fsp3) is 0.343. The maximum atomic E-state index is 14.3. The number of amides is 3. The minimum atomic E-state index is -4.81. The van der Waals surface area contributed by atoms with Crippen LogP contribution in [0.1, 0.15) is 40.0 Å². The van der Waals surface area contributed by atoms with Gasteiger partial charge in [-0.25, -0.2) is 4.68 Å². The van der Waals surface area contributed by atoms with Crippen LogP contribution in [0.5, 0.6) is 0 Å². The highest BCUT2D eigenvalue weighted by molar-refractivity contribution is 6.04. The second kappa shape index (κ2) is 14.3. The predicted molar refractivity (Wildman–Crippen MR) is 178 cm³/mol. The summed E-state index contributed by atoms with van der Waals surface area (Å²) >= 11 is 0. The van der Waals surface area contributed by atoms with Crippen LogP contribution >= 0.6 is 0 Å². The average Bonchev–Trinajstić information content (AvgIpc) is 3.78. The number of rotatable bonds is 10. The Morgan fingerprint density at radius 1 is 1.08 bits per heavy atom. The molecule has 1 N–H and O–H groups in total. The Morgan fingerprint density at radius 3 is 2.50 bits per heavy atom. The van der Waals surface area contributed by atoms with Crippen molar-refractivity contribution in [3.63, 3.8) is 0 Å². The summed E-state index contributed by atoms with van der Waals surface area (Å²) in [5, 5.41) is 10.7. The van der Waals surface area contributed by atoms with Crippen LogP contribution < -0.4 is 10.2 Å². The maximum absolute atomic E-state index is 14.3. The highest BCUT2D eigenvalue weighted by Crippen LogP contribution is 2.41. The molecule has 15 heteroatoms. The van der Waals surface area contributed by atoms with E-state index in [1.807, 2.05) is 48.5 Å². The Balaban J connectivity index is 1.34. The smallest absolute Gasteiger partial charge is 0.379 e. The first kappa shape index (κ1) is 34.6. The number of alkyl halides is 3. The molecule has 50 heavy (non-hydrogen) atoms. The van der Waals surface area contributed by atoms with Crippen molar-refractivity contribution in [3.8, 4) is 5.69 Å². The minimum absolute atomic E-state index is 0.205. The number of nitrogens with zero attached hydrogens (tertiary/aromatic N) is 7. The van der Waals surface area contributed by atoms with Crippen molar-refractivity contribution in [2.45, 2.75) is 31.7 Å². The molecule has 2 aliphatic heterocycles. The van der Waals surface area contributed by atoms with Crippen molar-refractivity contribution < 1.29 is 32.3 Å². The molecule has 2 aromatic heterocycles. The quantitative estimate of drug-likeness (QED) is 0.253. The number of morpholine rings is 1. The van der Waals surface area contributed by atoms with Crippen LogP contribution in [-0.2, 0) is 27.2 Å². The van der Waals surface area contributed by atoms with Crippen molar-refractivity contribution in [1.29, 1.82) is 0 Å². The predicted octanol–water partition coefficient (Wildman–Crippen LogP) is 3.69. The Morgan fingerprint density at radius 2 is 1.82 bits per heavy atom. The first-order valence-corrected chi connectivity index (χ1v) is 16.2. The second-order valence-electron chi connectivity index (χ2n) is 12.2. The largest absolute Gasteiger partial charge is 0.504 e. The molecular weight excluding hydrogens is 653 g/mol. The summed E-state index contributed by atoms with van der Waals surface area (Å²) in [7, 11) is 1.69. The van der Waals surface area contributed by atoms with Crippen LogP contribution in [0.4, 0.5) is 19.0 Å². The Labute approximate surface area is 286 Å². The van der Waals surface area contributed by atoms with Gasteiger partial charge in [0, 0.05) is 63.0 Å². The molecule has 2 aliphatic rings. The fourth-order valence-electron chi connectivity index (χ4n) is 6.42. The van der Waals surface area contributed by atoms with Crippen LogP contribution in [0, 0.1) is 0 Å². The number of likely N-dealkylation sites (N-methyl/N-ethyl adjacent to an activating group) is 2. The summed E-state index contributed by atoms with van der Waals surface area (Å²) in [5.41, 5.74) is 2.70. The summed E-state index contributed by atoms with van der Waals surface area (Å²) in [6.07, 6.45) is -2.53. The highest BCUT2D eigenvalue weighted by Gasteiger charge is 2.45. The third-order valence-electron chi connectivity index (χ3n) is 8.81. The van der Waals surface area contributed by atoms with Gasteiger partial charge in [-0.05, 0) is 36.2 Å². The molecule has 1 fully saturated rings. The van der Waals surface area contributed by atoms with Gasteiger partial charge in [-0.1, -0.05) is 49.0 Å². The molecule has 2 aromatic carbocycles. The number of aromatic nitrogens is 4. The maximum Gasteiger partial charge on any atom is 0.504 e.